The Morgan fingerprint density at radius 1 is 0.659 bits per heavy atom. The van der Waals surface area contributed by atoms with E-state index < -0.39 is 5.97 Å². The lowest BCUT2D eigenvalue weighted by atomic mass is 10.0. The van der Waals surface area contributed by atoms with Crippen molar-refractivity contribution in [2.24, 2.45) is 11.8 Å². The normalized spacial score (nSPS) is 12.5. The molecule has 0 fully saturated rings. The molecule has 1 N–H and O–H groups in total. The molecule has 0 bridgehead atoms. The first-order valence-electron chi connectivity index (χ1n) is 15.5. The van der Waals surface area contributed by atoms with Gasteiger partial charge in [0.05, 0.1) is 19.6 Å². The summed E-state index contributed by atoms with van der Waals surface area (Å²) in [7, 11) is 0. The third kappa shape index (κ3) is 10.5. The van der Waals surface area contributed by atoms with Crippen LogP contribution in [0.2, 0.25) is 0 Å². The minimum atomic E-state index is -0.833. The number of aliphatic carboxylic acids is 1. The van der Waals surface area contributed by atoms with Gasteiger partial charge in [0.25, 0.3) is 0 Å². The number of anilines is 3. The Kier molecular flexibility index (Phi) is 13.6. The second-order valence-electron chi connectivity index (χ2n) is 11.0. The standard InChI is InChI=1S/C36H49NO4/c1-5-9-11-28(7-3)26-40-34-21-17-32(18-22-34)37(31-15-13-30(14-16-31)25-36(38)39)33-19-23-35(24-20-33)41-27-29(8-4)12-10-6-2/h13-24,28-29H,5-12,25-27H2,1-4H3,(H,38,39). The molecule has 5 heteroatoms. The van der Waals surface area contributed by atoms with Crippen LogP contribution in [0.4, 0.5) is 17.1 Å². The molecule has 3 aromatic rings. The van der Waals surface area contributed by atoms with E-state index in [4.69, 9.17) is 9.47 Å². The van der Waals surface area contributed by atoms with E-state index in [9.17, 15) is 9.90 Å². The Labute approximate surface area is 247 Å². The van der Waals surface area contributed by atoms with Gasteiger partial charge in [0, 0.05) is 17.1 Å². The number of hydrogen-bond donors (Lipinski definition) is 1. The van der Waals surface area contributed by atoms with Crippen LogP contribution in [0.3, 0.4) is 0 Å². The summed E-state index contributed by atoms with van der Waals surface area (Å²) in [5, 5.41) is 9.19. The van der Waals surface area contributed by atoms with Crippen LogP contribution in [-0.4, -0.2) is 24.3 Å². The molecular weight excluding hydrogens is 510 g/mol. The molecule has 0 aliphatic carbocycles. The number of carboxylic acid groups (broad SMARTS) is 1. The summed E-state index contributed by atoms with van der Waals surface area (Å²) in [5.41, 5.74) is 3.73. The van der Waals surface area contributed by atoms with Gasteiger partial charge in [-0.1, -0.05) is 78.4 Å². The molecule has 0 aliphatic rings. The SMILES string of the molecule is CCCCC(CC)COc1ccc(N(c2ccc(CC(=O)O)cc2)c2ccc(OCC(CC)CCCC)cc2)cc1. The predicted octanol–water partition coefficient (Wildman–Crippen LogP) is 9.97. The van der Waals surface area contributed by atoms with Gasteiger partial charge < -0.3 is 19.5 Å². The van der Waals surface area contributed by atoms with Crippen LogP contribution < -0.4 is 14.4 Å². The van der Waals surface area contributed by atoms with Crippen molar-refractivity contribution in [3.63, 3.8) is 0 Å². The summed E-state index contributed by atoms with van der Waals surface area (Å²) >= 11 is 0. The number of hydrogen-bond acceptors (Lipinski definition) is 4. The molecule has 0 saturated heterocycles. The number of nitrogens with zero attached hydrogens (tertiary/aromatic N) is 1. The largest absolute Gasteiger partial charge is 0.493 e. The lowest BCUT2D eigenvalue weighted by Gasteiger charge is -2.26. The van der Waals surface area contributed by atoms with E-state index in [1.54, 1.807) is 0 Å². The zero-order valence-corrected chi connectivity index (χ0v) is 25.5. The number of benzene rings is 3. The van der Waals surface area contributed by atoms with Crippen LogP contribution in [0.1, 0.15) is 84.6 Å². The third-order valence-electron chi connectivity index (χ3n) is 7.80. The molecule has 0 aliphatic heterocycles. The summed E-state index contributed by atoms with van der Waals surface area (Å²) in [6.45, 7) is 10.4. The third-order valence-corrected chi connectivity index (χ3v) is 7.80. The number of carbonyl (C=O) groups is 1. The smallest absolute Gasteiger partial charge is 0.307 e. The molecule has 2 unspecified atom stereocenters. The minimum absolute atomic E-state index is 0.00632. The van der Waals surface area contributed by atoms with Crippen molar-refractivity contribution >= 4 is 23.0 Å². The molecule has 41 heavy (non-hydrogen) atoms. The van der Waals surface area contributed by atoms with Gasteiger partial charge >= 0.3 is 5.97 Å². The fourth-order valence-electron chi connectivity index (χ4n) is 4.99. The van der Waals surface area contributed by atoms with Gasteiger partial charge in [-0.15, -0.1) is 0 Å². The summed E-state index contributed by atoms with van der Waals surface area (Å²) in [5.74, 6) is 2.07. The lowest BCUT2D eigenvalue weighted by Crippen LogP contribution is -2.13. The molecule has 0 saturated carbocycles. The van der Waals surface area contributed by atoms with Crippen LogP contribution in [0.25, 0.3) is 0 Å². The number of carboxylic acids is 1. The van der Waals surface area contributed by atoms with Gasteiger partial charge in [-0.2, -0.15) is 0 Å². The van der Waals surface area contributed by atoms with Crippen LogP contribution >= 0.6 is 0 Å². The highest BCUT2D eigenvalue weighted by Gasteiger charge is 2.15. The second-order valence-corrected chi connectivity index (χ2v) is 11.0. The molecule has 222 valence electrons. The van der Waals surface area contributed by atoms with Gasteiger partial charge in [0.15, 0.2) is 0 Å². The highest BCUT2D eigenvalue weighted by molar-refractivity contribution is 5.77. The maximum absolute atomic E-state index is 11.2. The quantitative estimate of drug-likeness (QED) is 0.158. The van der Waals surface area contributed by atoms with E-state index in [2.05, 4.69) is 56.9 Å². The van der Waals surface area contributed by atoms with Crippen molar-refractivity contribution in [3.8, 4) is 11.5 Å². The van der Waals surface area contributed by atoms with Crippen molar-refractivity contribution < 1.29 is 19.4 Å². The highest BCUT2D eigenvalue weighted by Crippen LogP contribution is 2.36. The van der Waals surface area contributed by atoms with Crippen molar-refractivity contribution in [2.75, 3.05) is 18.1 Å². The van der Waals surface area contributed by atoms with E-state index in [1.807, 2.05) is 48.5 Å². The molecule has 0 aromatic heterocycles. The topological polar surface area (TPSA) is 59.0 Å². The Morgan fingerprint density at radius 3 is 1.39 bits per heavy atom. The fourth-order valence-corrected chi connectivity index (χ4v) is 4.99. The zero-order valence-electron chi connectivity index (χ0n) is 25.5. The fraction of sp³-hybridized carbons (Fsp3) is 0.472. The van der Waals surface area contributed by atoms with Gasteiger partial charge in [-0.3, -0.25) is 4.79 Å². The zero-order chi connectivity index (χ0) is 29.5. The van der Waals surface area contributed by atoms with E-state index in [0.29, 0.717) is 11.8 Å². The van der Waals surface area contributed by atoms with E-state index >= 15 is 0 Å². The van der Waals surface area contributed by atoms with Crippen molar-refractivity contribution in [2.45, 2.75) is 85.5 Å². The number of rotatable bonds is 19. The molecule has 0 heterocycles. The number of unbranched alkanes of at least 4 members (excludes halogenated alkanes) is 2. The van der Waals surface area contributed by atoms with Gasteiger partial charge in [0.2, 0.25) is 0 Å². The van der Waals surface area contributed by atoms with Gasteiger partial charge in [-0.25, -0.2) is 0 Å². The molecule has 3 rings (SSSR count). The Bertz CT molecular complexity index is 1080. The summed E-state index contributed by atoms with van der Waals surface area (Å²) in [6, 6.07) is 24.2. The van der Waals surface area contributed by atoms with Crippen molar-refractivity contribution in [1.82, 2.24) is 0 Å². The van der Waals surface area contributed by atoms with Crippen LogP contribution in [0.5, 0.6) is 11.5 Å². The molecule has 3 aromatic carbocycles. The minimum Gasteiger partial charge on any atom is -0.493 e. The highest BCUT2D eigenvalue weighted by atomic mass is 16.5. The molecule has 5 nitrogen and oxygen atoms in total. The lowest BCUT2D eigenvalue weighted by molar-refractivity contribution is -0.136. The number of ether oxygens (including phenoxy) is 2. The van der Waals surface area contributed by atoms with Crippen LogP contribution in [-0.2, 0) is 11.2 Å². The average molecular weight is 560 g/mol. The Morgan fingerprint density at radius 2 is 1.05 bits per heavy atom. The van der Waals surface area contributed by atoms with Gasteiger partial charge in [-0.05, 0) is 90.9 Å². The second kappa shape index (κ2) is 17.4. The summed E-state index contributed by atoms with van der Waals surface area (Å²) in [6.07, 6.45) is 9.57. The Balaban J connectivity index is 1.80. The van der Waals surface area contributed by atoms with E-state index in [0.717, 1.165) is 60.2 Å². The maximum atomic E-state index is 11.2. The molecule has 0 radical (unpaired) electrons. The van der Waals surface area contributed by atoms with Crippen molar-refractivity contribution in [3.05, 3.63) is 78.4 Å². The molecule has 0 amide bonds. The molecule has 2 atom stereocenters. The first kappa shape index (κ1) is 32.0. The maximum Gasteiger partial charge on any atom is 0.307 e. The molecule has 0 spiro atoms. The summed E-state index contributed by atoms with van der Waals surface area (Å²) in [4.78, 5) is 13.4. The molecular formula is C36H49NO4. The van der Waals surface area contributed by atoms with E-state index in [-0.39, 0.29) is 6.42 Å². The van der Waals surface area contributed by atoms with E-state index in [1.165, 1.54) is 38.5 Å². The van der Waals surface area contributed by atoms with Crippen LogP contribution in [0.15, 0.2) is 72.8 Å². The Hall–Kier alpha value is -3.47. The van der Waals surface area contributed by atoms with Crippen LogP contribution in [0, 0.1) is 11.8 Å². The van der Waals surface area contributed by atoms with Crippen molar-refractivity contribution in [1.29, 1.82) is 0 Å². The summed E-state index contributed by atoms with van der Waals surface area (Å²) < 4.78 is 12.3. The first-order valence-corrected chi connectivity index (χ1v) is 15.5. The predicted molar refractivity (Wildman–Crippen MR) is 170 cm³/mol. The average Bonchev–Trinajstić information content (AvgIpc) is 2.99. The van der Waals surface area contributed by atoms with Gasteiger partial charge in [0.1, 0.15) is 11.5 Å². The first-order chi connectivity index (χ1) is 20.0. The monoisotopic (exact) mass is 559 g/mol.